The molecule has 206 valence electrons. The van der Waals surface area contributed by atoms with Gasteiger partial charge in [-0.1, -0.05) is 128 Å². The van der Waals surface area contributed by atoms with E-state index in [2.05, 4.69) is 113 Å². The predicted molar refractivity (Wildman–Crippen MR) is 164 cm³/mol. The van der Waals surface area contributed by atoms with Gasteiger partial charge >= 0.3 is 7.94 Å². The van der Waals surface area contributed by atoms with E-state index in [9.17, 15) is 9.79 Å². The van der Waals surface area contributed by atoms with Crippen molar-refractivity contribution < 1.29 is 14.3 Å². The number of hydrogen-bond donors (Lipinski definition) is 2. The topological polar surface area (TPSA) is 49.7 Å². The van der Waals surface area contributed by atoms with Crippen LogP contribution in [0, 0.1) is 20.8 Å². The molecule has 0 aliphatic heterocycles. The molecule has 0 fully saturated rings. The Labute approximate surface area is 231 Å². The van der Waals surface area contributed by atoms with Crippen LogP contribution in [0.5, 0.6) is 0 Å². The van der Waals surface area contributed by atoms with Crippen molar-refractivity contribution in [2.24, 2.45) is 0 Å². The smallest absolute Gasteiger partial charge is 0.188 e. The number of benzene rings is 3. The molecule has 0 aliphatic carbocycles. The second kappa shape index (κ2) is 10.5. The van der Waals surface area contributed by atoms with Gasteiger partial charge in [0.15, 0.2) is 11.4 Å². The normalized spacial score (nSPS) is 13.3. The highest BCUT2D eigenvalue weighted by molar-refractivity contribution is 7.67. The van der Waals surface area contributed by atoms with Gasteiger partial charge in [0.2, 0.25) is 0 Å². The molecule has 0 bridgehead atoms. The summed E-state index contributed by atoms with van der Waals surface area (Å²) in [5.74, 6) is 0. The summed E-state index contributed by atoms with van der Waals surface area (Å²) in [5, 5.41) is 0.481. The third-order valence-electron chi connectivity index (χ3n) is 7.12. The van der Waals surface area contributed by atoms with Gasteiger partial charge in [0.1, 0.15) is 0 Å². The van der Waals surface area contributed by atoms with Crippen LogP contribution in [0.3, 0.4) is 0 Å². The zero-order chi connectivity index (χ0) is 28.8. The largest absolute Gasteiger partial charge is 0.444 e. The first kappa shape index (κ1) is 30.5. The van der Waals surface area contributed by atoms with Crippen molar-refractivity contribution >= 4 is 13.2 Å². The van der Waals surface area contributed by atoms with E-state index in [1.54, 1.807) is 0 Å². The van der Waals surface area contributed by atoms with Gasteiger partial charge < -0.3 is 0 Å². The minimum atomic E-state index is -4.00. The highest BCUT2D eigenvalue weighted by Crippen LogP contribution is 2.58. The molecule has 38 heavy (non-hydrogen) atoms. The number of aryl methyl sites for hydroxylation is 3. The molecular weight excluding hydrogens is 487 g/mol. The zero-order valence-electron chi connectivity index (χ0n) is 25.5. The molecule has 3 aromatic carbocycles. The third-order valence-corrected chi connectivity index (χ3v) is 8.65. The molecule has 4 heteroatoms. The maximum atomic E-state index is 11.9. The molecule has 2 N–H and O–H groups in total. The summed E-state index contributed by atoms with van der Waals surface area (Å²) < 4.78 is 6.65. The molecule has 0 saturated carbocycles. The Morgan fingerprint density at radius 1 is 0.553 bits per heavy atom. The minimum absolute atomic E-state index is 0.165. The van der Waals surface area contributed by atoms with E-state index in [1.165, 1.54) is 11.1 Å². The monoisotopic (exact) mass is 535 g/mol. The first-order valence-corrected chi connectivity index (χ1v) is 15.2. The van der Waals surface area contributed by atoms with Gasteiger partial charge in [0.25, 0.3) is 0 Å². The molecule has 0 amide bonds. The van der Waals surface area contributed by atoms with Crippen LogP contribution < -0.4 is 5.30 Å². The summed E-state index contributed by atoms with van der Waals surface area (Å²) in [6.45, 7) is 25.7. The standard InChI is InChI=1S/C34H48O3P/c1-22-13-16-25(27(19-22)32(4,5)6)31(26-17-14-23(2)20-28(26)33(7,8)9)37-38(35,36)30-18-15-24(3)21-29(30)34(10,11)12/h13-21,31,35-36H,1-12H3/q+1. The molecule has 0 spiro atoms. The van der Waals surface area contributed by atoms with Crippen LogP contribution in [0.1, 0.15) is 113 Å². The highest BCUT2D eigenvalue weighted by atomic mass is 31.2. The van der Waals surface area contributed by atoms with Crippen LogP contribution in [0.4, 0.5) is 0 Å². The van der Waals surface area contributed by atoms with Crippen LogP contribution in [0.25, 0.3) is 0 Å². The Kier molecular flexibility index (Phi) is 8.44. The molecule has 3 nitrogen and oxygen atoms in total. The van der Waals surface area contributed by atoms with Gasteiger partial charge in [-0.25, -0.2) is 0 Å². The fourth-order valence-electron chi connectivity index (χ4n) is 5.09. The summed E-state index contributed by atoms with van der Waals surface area (Å²) in [7, 11) is -4.00. The Balaban J connectivity index is 2.34. The minimum Gasteiger partial charge on any atom is -0.188 e. The molecule has 0 aromatic heterocycles. The lowest BCUT2D eigenvalue weighted by Crippen LogP contribution is -2.28. The fourth-order valence-corrected chi connectivity index (χ4v) is 6.70. The SMILES string of the molecule is Cc1ccc(C(O[P+](O)(O)c2ccc(C)cc2C(C)(C)C)c2ccc(C)cc2C(C)(C)C)c(C(C)(C)C)c1. The van der Waals surface area contributed by atoms with E-state index < -0.39 is 14.0 Å². The Bertz CT molecular complexity index is 1240. The first-order valence-electron chi connectivity index (χ1n) is 13.6. The highest BCUT2D eigenvalue weighted by Gasteiger charge is 2.48. The van der Waals surface area contributed by atoms with Crippen molar-refractivity contribution in [1.82, 2.24) is 0 Å². The van der Waals surface area contributed by atoms with Crippen LogP contribution in [0.15, 0.2) is 54.6 Å². The number of hydrogen-bond acceptors (Lipinski definition) is 3. The van der Waals surface area contributed by atoms with Gasteiger partial charge in [0.05, 0.1) is 0 Å². The second-order valence-corrected chi connectivity index (χ2v) is 15.8. The van der Waals surface area contributed by atoms with Crippen molar-refractivity contribution in [1.29, 1.82) is 0 Å². The van der Waals surface area contributed by atoms with Crippen LogP contribution in [-0.2, 0) is 20.8 Å². The van der Waals surface area contributed by atoms with E-state index >= 15 is 0 Å². The van der Waals surface area contributed by atoms with Crippen LogP contribution >= 0.6 is 7.94 Å². The van der Waals surface area contributed by atoms with Crippen molar-refractivity contribution in [2.75, 3.05) is 0 Å². The average molecular weight is 536 g/mol. The lowest BCUT2D eigenvalue weighted by atomic mass is 9.77. The summed E-state index contributed by atoms with van der Waals surface area (Å²) >= 11 is 0. The molecule has 3 aromatic rings. The van der Waals surface area contributed by atoms with E-state index in [1.807, 2.05) is 25.1 Å². The average Bonchev–Trinajstić information content (AvgIpc) is 2.76. The molecular formula is C34H48O3P+. The molecule has 0 saturated heterocycles. The van der Waals surface area contributed by atoms with Crippen molar-refractivity contribution in [3.63, 3.8) is 0 Å². The van der Waals surface area contributed by atoms with Gasteiger partial charge in [-0.3, -0.25) is 0 Å². The second-order valence-electron chi connectivity index (χ2n) is 14.0. The number of rotatable bonds is 5. The lowest BCUT2D eigenvalue weighted by molar-refractivity contribution is 0.187. The Morgan fingerprint density at radius 2 is 0.895 bits per heavy atom. The van der Waals surface area contributed by atoms with Crippen LogP contribution in [0.2, 0.25) is 0 Å². The maximum Gasteiger partial charge on any atom is 0.444 e. The molecule has 0 aliphatic rings. The van der Waals surface area contributed by atoms with E-state index in [0.29, 0.717) is 5.30 Å². The van der Waals surface area contributed by atoms with E-state index in [4.69, 9.17) is 4.52 Å². The summed E-state index contributed by atoms with van der Waals surface area (Å²) in [6.07, 6.45) is -0.655. The molecule has 0 atom stereocenters. The van der Waals surface area contributed by atoms with Crippen molar-refractivity contribution in [3.8, 4) is 0 Å². The zero-order valence-corrected chi connectivity index (χ0v) is 26.4. The van der Waals surface area contributed by atoms with Gasteiger partial charge in [-0.05, 0) is 65.3 Å². The Hall–Kier alpha value is -2.03. The van der Waals surface area contributed by atoms with Crippen molar-refractivity contribution in [2.45, 2.75) is 105 Å². The van der Waals surface area contributed by atoms with Gasteiger partial charge in [-0.15, -0.1) is 0 Å². The van der Waals surface area contributed by atoms with E-state index in [-0.39, 0.29) is 16.2 Å². The molecule has 0 radical (unpaired) electrons. The quantitative estimate of drug-likeness (QED) is 0.321. The first-order chi connectivity index (χ1) is 17.2. The molecule has 3 rings (SSSR count). The summed E-state index contributed by atoms with van der Waals surface area (Å²) in [6, 6.07) is 18.6. The summed E-state index contributed by atoms with van der Waals surface area (Å²) in [5.41, 5.74) is 7.92. The maximum absolute atomic E-state index is 11.9. The third kappa shape index (κ3) is 6.75. The van der Waals surface area contributed by atoms with Gasteiger partial charge in [-0.2, -0.15) is 14.3 Å². The van der Waals surface area contributed by atoms with Gasteiger partial charge in [0, 0.05) is 5.56 Å². The fraction of sp³-hybridized carbons (Fsp3) is 0.471. The lowest BCUT2D eigenvalue weighted by Gasteiger charge is -2.32. The predicted octanol–water partition coefficient (Wildman–Crippen LogP) is 8.68. The Morgan fingerprint density at radius 3 is 1.26 bits per heavy atom. The van der Waals surface area contributed by atoms with Crippen molar-refractivity contribution in [3.05, 3.63) is 99.1 Å². The van der Waals surface area contributed by atoms with Crippen LogP contribution in [-0.4, -0.2) is 9.79 Å². The molecule has 0 heterocycles. The van der Waals surface area contributed by atoms with E-state index in [0.717, 1.165) is 33.4 Å². The molecule has 0 unspecified atom stereocenters. The summed E-state index contributed by atoms with van der Waals surface area (Å²) in [4.78, 5) is 23.7.